The van der Waals surface area contributed by atoms with Gasteiger partial charge in [0.25, 0.3) is 0 Å². The van der Waals surface area contributed by atoms with Crippen LogP contribution < -0.4 is 10.1 Å². The molecule has 0 spiro atoms. The van der Waals surface area contributed by atoms with Crippen molar-refractivity contribution in [2.75, 3.05) is 19.0 Å². The quantitative estimate of drug-likeness (QED) is 0.878. The SMILES string of the molecule is CCCNc1ncnc(-n2ccc(C(C)C)n2)c1OC. The van der Waals surface area contributed by atoms with Crippen LogP contribution in [0.3, 0.4) is 0 Å². The first kappa shape index (κ1) is 14.3. The Kier molecular flexibility index (Phi) is 4.55. The largest absolute Gasteiger partial charge is 0.490 e. The first-order chi connectivity index (χ1) is 9.67. The third-order valence-electron chi connectivity index (χ3n) is 2.95. The van der Waals surface area contributed by atoms with Crippen LogP contribution in [0.2, 0.25) is 0 Å². The van der Waals surface area contributed by atoms with E-state index in [1.54, 1.807) is 11.8 Å². The van der Waals surface area contributed by atoms with Gasteiger partial charge in [-0.05, 0) is 18.4 Å². The Morgan fingerprint density at radius 1 is 1.35 bits per heavy atom. The summed E-state index contributed by atoms with van der Waals surface area (Å²) in [6.07, 6.45) is 4.43. The van der Waals surface area contributed by atoms with E-state index in [0.29, 0.717) is 23.3 Å². The average Bonchev–Trinajstić information content (AvgIpc) is 2.94. The third kappa shape index (κ3) is 2.89. The number of aromatic nitrogens is 4. The van der Waals surface area contributed by atoms with Crippen molar-refractivity contribution in [3.8, 4) is 11.6 Å². The molecule has 6 nitrogen and oxygen atoms in total. The van der Waals surface area contributed by atoms with E-state index in [4.69, 9.17) is 4.74 Å². The lowest BCUT2D eigenvalue weighted by Gasteiger charge is -2.12. The summed E-state index contributed by atoms with van der Waals surface area (Å²) in [7, 11) is 1.62. The van der Waals surface area contributed by atoms with Crippen molar-refractivity contribution in [1.29, 1.82) is 0 Å². The summed E-state index contributed by atoms with van der Waals surface area (Å²) in [5.74, 6) is 2.33. The lowest BCUT2D eigenvalue weighted by molar-refractivity contribution is 0.409. The molecule has 0 fully saturated rings. The summed E-state index contributed by atoms with van der Waals surface area (Å²) in [4.78, 5) is 8.51. The van der Waals surface area contributed by atoms with Gasteiger partial charge in [0.05, 0.1) is 12.8 Å². The van der Waals surface area contributed by atoms with Crippen molar-refractivity contribution in [2.45, 2.75) is 33.1 Å². The minimum Gasteiger partial charge on any atom is -0.490 e. The molecular weight excluding hydrogens is 254 g/mol. The second kappa shape index (κ2) is 6.36. The van der Waals surface area contributed by atoms with E-state index in [2.05, 4.69) is 41.2 Å². The molecule has 0 aliphatic carbocycles. The van der Waals surface area contributed by atoms with Crippen LogP contribution in [0.25, 0.3) is 5.82 Å². The zero-order chi connectivity index (χ0) is 14.5. The van der Waals surface area contributed by atoms with Gasteiger partial charge in [0.15, 0.2) is 5.82 Å². The Labute approximate surface area is 119 Å². The fourth-order valence-electron chi connectivity index (χ4n) is 1.85. The Morgan fingerprint density at radius 2 is 2.15 bits per heavy atom. The molecule has 0 saturated carbocycles. The van der Waals surface area contributed by atoms with Gasteiger partial charge in [-0.3, -0.25) is 0 Å². The minimum absolute atomic E-state index is 0.377. The predicted molar refractivity (Wildman–Crippen MR) is 78.6 cm³/mol. The van der Waals surface area contributed by atoms with Crippen LogP contribution in [-0.4, -0.2) is 33.4 Å². The van der Waals surface area contributed by atoms with Gasteiger partial charge >= 0.3 is 0 Å². The maximum atomic E-state index is 5.45. The number of hydrogen-bond donors (Lipinski definition) is 1. The molecule has 0 aromatic carbocycles. The van der Waals surface area contributed by atoms with E-state index in [-0.39, 0.29) is 0 Å². The number of rotatable bonds is 6. The summed E-state index contributed by atoms with van der Waals surface area (Å²) in [5, 5.41) is 7.76. The zero-order valence-electron chi connectivity index (χ0n) is 12.4. The van der Waals surface area contributed by atoms with Gasteiger partial charge in [-0.25, -0.2) is 14.6 Å². The first-order valence-corrected chi connectivity index (χ1v) is 6.86. The second-order valence-electron chi connectivity index (χ2n) is 4.85. The van der Waals surface area contributed by atoms with E-state index in [0.717, 1.165) is 18.7 Å². The van der Waals surface area contributed by atoms with Crippen LogP contribution in [0, 0.1) is 0 Å². The lowest BCUT2D eigenvalue weighted by atomic mass is 10.1. The van der Waals surface area contributed by atoms with E-state index < -0.39 is 0 Å². The molecule has 0 saturated heterocycles. The van der Waals surface area contributed by atoms with Crippen LogP contribution in [0.4, 0.5) is 5.82 Å². The fourth-order valence-corrected chi connectivity index (χ4v) is 1.85. The molecule has 0 bridgehead atoms. The first-order valence-electron chi connectivity index (χ1n) is 6.86. The Hall–Kier alpha value is -2.11. The maximum Gasteiger partial charge on any atom is 0.206 e. The van der Waals surface area contributed by atoms with E-state index in [1.165, 1.54) is 6.33 Å². The molecule has 108 valence electrons. The van der Waals surface area contributed by atoms with Crippen molar-refractivity contribution >= 4 is 5.82 Å². The second-order valence-corrected chi connectivity index (χ2v) is 4.85. The standard InChI is InChI=1S/C14H21N5O/c1-5-7-15-13-12(20-4)14(17-9-16-13)19-8-6-11(18-19)10(2)3/h6,8-10H,5,7H2,1-4H3,(H,15,16,17). The molecule has 1 N–H and O–H groups in total. The number of nitrogens with one attached hydrogen (secondary N) is 1. The number of methoxy groups -OCH3 is 1. The summed E-state index contributed by atoms with van der Waals surface area (Å²) in [6.45, 7) is 7.16. The fraction of sp³-hybridized carbons (Fsp3) is 0.500. The van der Waals surface area contributed by atoms with Crippen LogP contribution in [0.15, 0.2) is 18.6 Å². The number of anilines is 1. The molecule has 6 heteroatoms. The van der Waals surface area contributed by atoms with E-state index in [1.807, 2.05) is 12.3 Å². The van der Waals surface area contributed by atoms with Crippen molar-refractivity contribution in [3.63, 3.8) is 0 Å². The molecule has 0 atom stereocenters. The van der Waals surface area contributed by atoms with Gasteiger partial charge in [0.2, 0.25) is 11.6 Å². The summed E-state index contributed by atoms with van der Waals surface area (Å²) in [5.41, 5.74) is 1.02. The summed E-state index contributed by atoms with van der Waals surface area (Å²) >= 11 is 0. The average molecular weight is 275 g/mol. The maximum absolute atomic E-state index is 5.45. The van der Waals surface area contributed by atoms with E-state index >= 15 is 0 Å². The van der Waals surface area contributed by atoms with Gasteiger partial charge in [-0.2, -0.15) is 5.10 Å². The third-order valence-corrected chi connectivity index (χ3v) is 2.95. The van der Waals surface area contributed by atoms with Crippen LogP contribution in [0.5, 0.6) is 5.75 Å². The monoisotopic (exact) mass is 275 g/mol. The molecule has 20 heavy (non-hydrogen) atoms. The van der Waals surface area contributed by atoms with Gasteiger partial charge in [-0.1, -0.05) is 20.8 Å². The molecule has 2 rings (SSSR count). The molecule has 2 aromatic rings. The van der Waals surface area contributed by atoms with Crippen LogP contribution in [-0.2, 0) is 0 Å². The van der Waals surface area contributed by atoms with Crippen molar-refractivity contribution < 1.29 is 4.74 Å². The highest BCUT2D eigenvalue weighted by Gasteiger charge is 2.15. The van der Waals surface area contributed by atoms with Crippen molar-refractivity contribution in [3.05, 3.63) is 24.3 Å². The number of ether oxygens (including phenoxy) is 1. The highest BCUT2D eigenvalue weighted by Crippen LogP contribution is 2.27. The number of hydrogen-bond acceptors (Lipinski definition) is 5. The molecule has 0 aliphatic heterocycles. The van der Waals surface area contributed by atoms with Gasteiger partial charge in [-0.15, -0.1) is 0 Å². The van der Waals surface area contributed by atoms with Crippen LogP contribution >= 0.6 is 0 Å². The van der Waals surface area contributed by atoms with Crippen LogP contribution in [0.1, 0.15) is 38.8 Å². The highest BCUT2D eigenvalue weighted by molar-refractivity contribution is 5.57. The summed E-state index contributed by atoms with van der Waals surface area (Å²) < 4.78 is 7.18. The number of nitrogens with zero attached hydrogens (tertiary/aromatic N) is 4. The molecule has 0 unspecified atom stereocenters. The Bertz CT molecular complexity index is 564. The zero-order valence-corrected chi connectivity index (χ0v) is 12.4. The highest BCUT2D eigenvalue weighted by atomic mass is 16.5. The smallest absolute Gasteiger partial charge is 0.206 e. The Balaban J connectivity index is 2.39. The summed E-state index contributed by atoms with van der Waals surface area (Å²) in [6, 6.07) is 1.99. The topological polar surface area (TPSA) is 64.9 Å². The molecule has 0 radical (unpaired) electrons. The minimum atomic E-state index is 0.377. The van der Waals surface area contributed by atoms with E-state index in [9.17, 15) is 0 Å². The van der Waals surface area contributed by atoms with Crippen molar-refractivity contribution in [1.82, 2.24) is 19.7 Å². The molecule has 0 aliphatic rings. The predicted octanol–water partition coefficient (Wildman–Crippen LogP) is 2.62. The van der Waals surface area contributed by atoms with Gasteiger partial charge < -0.3 is 10.1 Å². The van der Waals surface area contributed by atoms with Crippen molar-refractivity contribution in [2.24, 2.45) is 0 Å². The lowest BCUT2D eigenvalue weighted by Crippen LogP contribution is -2.09. The normalized spacial score (nSPS) is 10.8. The molecular formula is C14H21N5O. The Morgan fingerprint density at radius 3 is 2.75 bits per heavy atom. The van der Waals surface area contributed by atoms with Gasteiger partial charge in [0, 0.05) is 12.7 Å². The van der Waals surface area contributed by atoms with Gasteiger partial charge in [0.1, 0.15) is 6.33 Å². The molecule has 0 amide bonds. The molecule has 2 aromatic heterocycles. The molecule has 2 heterocycles.